The number of hydrogen-bond acceptors (Lipinski definition) is 4. The second kappa shape index (κ2) is 8.94. The summed E-state index contributed by atoms with van der Waals surface area (Å²) < 4.78 is 0. The van der Waals surface area contributed by atoms with Gasteiger partial charge < -0.3 is 10.2 Å². The van der Waals surface area contributed by atoms with Crippen molar-refractivity contribution in [3.8, 4) is 0 Å². The largest absolute Gasteiger partial charge is 0.372 e. The number of nitrogens with one attached hydrogen (secondary N) is 1. The molecule has 0 atom stereocenters. The van der Waals surface area contributed by atoms with Gasteiger partial charge in [-0.05, 0) is 67.6 Å². The first-order valence-corrected chi connectivity index (χ1v) is 11.5. The number of aryl methyl sites for hydroxylation is 1. The van der Waals surface area contributed by atoms with Crippen LogP contribution < -0.4 is 15.1 Å². The quantitative estimate of drug-likeness (QED) is 0.545. The van der Waals surface area contributed by atoms with Crippen molar-refractivity contribution < 1.29 is 9.59 Å². The second-order valence-electron chi connectivity index (χ2n) is 8.57. The van der Waals surface area contributed by atoms with Gasteiger partial charge in [-0.3, -0.25) is 9.59 Å². The fourth-order valence-corrected chi connectivity index (χ4v) is 4.57. The van der Waals surface area contributed by atoms with Crippen LogP contribution in [0.5, 0.6) is 0 Å². The highest BCUT2D eigenvalue weighted by atomic mass is 16.2. The van der Waals surface area contributed by atoms with E-state index < -0.39 is 0 Å². The minimum atomic E-state index is -0.340. The molecule has 2 amide bonds. The molecule has 5 nitrogen and oxygen atoms in total. The number of anilines is 3. The van der Waals surface area contributed by atoms with Crippen LogP contribution in [0.25, 0.3) is 5.57 Å². The minimum absolute atomic E-state index is 0.306. The van der Waals surface area contributed by atoms with E-state index in [0.717, 1.165) is 35.6 Å². The van der Waals surface area contributed by atoms with Crippen molar-refractivity contribution in [1.82, 2.24) is 0 Å². The molecule has 0 aliphatic carbocycles. The normalized spacial score (nSPS) is 16.5. The molecule has 1 fully saturated rings. The van der Waals surface area contributed by atoms with Gasteiger partial charge >= 0.3 is 0 Å². The van der Waals surface area contributed by atoms with E-state index in [4.69, 9.17) is 0 Å². The Bertz CT molecular complexity index is 1210. The lowest BCUT2D eigenvalue weighted by Crippen LogP contribution is -2.32. The maximum Gasteiger partial charge on any atom is 0.282 e. The Kier molecular flexibility index (Phi) is 5.69. The molecular formula is C28H27N3O2. The van der Waals surface area contributed by atoms with Gasteiger partial charge in [0.25, 0.3) is 11.8 Å². The average molecular weight is 438 g/mol. The number of piperidine rings is 1. The molecule has 1 N–H and O–H groups in total. The Morgan fingerprint density at radius 3 is 2.03 bits per heavy atom. The maximum absolute atomic E-state index is 13.6. The summed E-state index contributed by atoms with van der Waals surface area (Å²) in [6.07, 6.45) is 3.67. The fraction of sp³-hybridized carbons (Fsp3) is 0.214. The SMILES string of the molecule is Cc1ccccc1NC1=C(c2ccccc2)C(=O)N(c2ccc(N3CCCCC3)cc2)C1=O. The van der Waals surface area contributed by atoms with E-state index in [0.29, 0.717) is 17.0 Å². The van der Waals surface area contributed by atoms with Crippen LogP contribution in [0.15, 0.2) is 84.6 Å². The molecule has 0 saturated carbocycles. The first-order valence-electron chi connectivity index (χ1n) is 11.5. The molecule has 2 aliphatic heterocycles. The number of hydrogen-bond donors (Lipinski definition) is 1. The van der Waals surface area contributed by atoms with Crippen LogP contribution in [-0.2, 0) is 9.59 Å². The summed E-state index contributed by atoms with van der Waals surface area (Å²) >= 11 is 0. The van der Waals surface area contributed by atoms with Crippen molar-refractivity contribution >= 4 is 34.4 Å². The van der Waals surface area contributed by atoms with Crippen molar-refractivity contribution in [1.29, 1.82) is 0 Å². The van der Waals surface area contributed by atoms with E-state index in [2.05, 4.69) is 10.2 Å². The molecular weight excluding hydrogens is 410 g/mol. The molecule has 0 radical (unpaired) electrons. The predicted molar refractivity (Wildman–Crippen MR) is 133 cm³/mol. The molecule has 2 aliphatic rings. The zero-order valence-electron chi connectivity index (χ0n) is 18.8. The third-order valence-electron chi connectivity index (χ3n) is 6.38. The highest BCUT2D eigenvalue weighted by Gasteiger charge is 2.40. The summed E-state index contributed by atoms with van der Waals surface area (Å²) in [6, 6.07) is 24.9. The zero-order valence-corrected chi connectivity index (χ0v) is 18.8. The monoisotopic (exact) mass is 437 g/mol. The van der Waals surface area contributed by atoms with Gasteiger partial charge in [-0.15, -0.1) is 0 Å². The van der Waals surface area contributed by atoms with E-state index in [9.17, 15) is 9.59 Å². The highest BCUT2D eigenvalue weighted by molar-refractivity contribution is 6.46. The molecule has 3 aromatic carbocycles. The first-order chi connectivity index (χ1) is 16.1. The Labute approximate surface area is 194 Å². The number of nitrogens with zero attached hydrogens (tertiary/aromatic N) is 2. The number of rotatable bonds is 5. The van der Waals surface area contributed by atoms with Gasteiger partial charge in [0.2, 0.25) is 0 Å². The van der Waals surface area contributed by atoms with E-state index in [1.165, 1.54) is 24.2 Å². The molecule has 0 spiro atoms. The summed E-state index contributed by atoms with van der Waals surface area (Å²) in [5.41, 5.74) is 4.95. The molecule has 3 aromatic rings. The molecule has 5 rings (SSSR count). The van der Waals surface area contributed by atoms with Crippen molar-refractivity contribution in [2.75, 3.05) is 28.2 Å². The summed E-state index contributed by atoms with van der Waals surface area (Å²) in [7, 11) is 0. The van der Waals surface area contributed by atoms with Gasteiger partial charge in [0.1, 0.15) is 5.70 Å². The van der Waals surface area contributed by atoms with Crippen LogP contribution in [0.4, 0.5) is 17.1 Å². The molecule has 0 unspecified atom stereocenters. The molecule has 2 heterocycles. The summed E-state index contributed by atoms with van der Waals surface area (Å²) in [5, 5.41) is 3.26. The van der Waals surface area contributed by atoms with Crippen molar-refractivity contribution in [2.24, 2.45) is 0 Å². The summed E-state index contributed by atoms with van der Waals surface area (Å²) in [6.45, 7) is 4.07. The second-order valence-corrected chi connectivity index (χ2v) is 8.57. The number of benzene rings is 3. The summed E-state index contributed by atoms with van der Waals surface area (Å²) in [4.78, 5) is 30.8. The van der Waals surface area contributed by atoms with Gasteiger partial charge in [-0.25, -0.2) is 4.90 Å². The number of para-hydroxylation sites is 1. The Balaban J connectivity index is 1.50. The van der Waals surface area contributed by atoms with Crippen LogP contribution in [0.1, 0.15) is 30.4 Å². The third-order valence-corrected chi connectivity index (χ3v) is 6.38. The van der Waals surface area contributed by atoms with E-state index in [-0.39, 0.29) is 11.8 Å². The Morgan fingerprint density at radius 1 is 0.697 bits per heavy atom. The number of carbonyl (C=O) groups excluding carboxylic acids is 2. The standard InChI is InChI=1S/C28H27N3O2/c1-20-10-6-7-13-24(20)29-26-25(21-11-4-2-5-12-21)27(32)31(28(26)33)23-16-14-22(15-17-23)30-18-8-3-9-19-30/h2,4-7,10-17,29H,3,8-9,18-19H2,1H3. The van der Waals surface area contributed by atoms with Crippen molar-refractivity contribution in [3.05, 3.63) is 95.7 Å². The molecule has 33 heavy (non-hydrogen) atoms. The molecule has 166 valence electrons. The van der Waals surface area contributed by atoms with E-state index in [1.54, 1.807) is 0 Å². The average Bonchev–Trinajstić information content (AvgIpc) is 3.11. The number of imide groups is 1. The minimum Gasteiger partial charge on any atom is -0.372 e. The lowest BCUT2D eigenvalue weighted by Gasteiger charge is -2.29. The fourth-order valence-electron chi connectivity index (χ4n) is 4.57. The third kappa shape index (κ3) is 4.02. The lowest BCUT2D eigenvalue weighted by molar-refractivity contribution is -0.120. The number of amides is 2. The highest BCUT2D eigenvalue weighted by Crippen LogP contribution is 2.35. The Morgan fingerprint density at radius 2 is 1.33 bits per heavy atom. The smallest absolute Gasteiger partial charge is 0.282 e. The van der Waals surface area contributed by atoms with Crippen LogP contribution >= 0.6 is 0 Å². The molecule has 1 saturated heterocycles. The van der Waals surface area contributed by atoms with Crippen molar-refractivity contribution in [2.45, 2.75) is 26.2 Å². The van der Waals surface area contributed by atoms with Gasteiger partial charge in [-0.2, -0.15) is 0 Å². The van der Waals surface area contributed by atoms with Gasteiger partial charge in [-0.1, -0.05) is 48.5 Å². The van der Waals surface area contributed by atoms with Gasteiger partial charge in [0.05, 0.1) is 11.3 Å². The topological polar surface area (TPSA) is 52.7 Å². The van der Waals surface area contributed by atoms with Gasteiger partial charge in [0.15, 0.2) is 0 Å². The van der Waals surface area contributed by atoms with E-state index >= 15 is 0 Å². The predicted octanol–water partition coefficient (Wildman–Crippen LogP) is 5.38. The first kappa shape index (κ1) is 21.0. The van der Waals surface area contributed by atoms with E-state index in [1.807, 2.05) is 85.8 Å². The Hall–Kier alpha value is -3.86. The summed E-state index contributed by atoms with van der Waals surface area (Å²) in [5.74, 6) is -0.652. The van der Waals surface area contributed by atoms with Gasteiger partial charge in [0, 0.05) is 24.5 Å². The number of carbonyl (C=O) groups is 2. The molecule has 0 bridgehead atoms. The molecule has 0 aromatic heterocycles. The van der Waals surface area contributed by atoms with Crippen LogP contribution in [-0.4, -0.2) is 24.9 Å². The van der Waals surface area contributed by atoms with Crippen LogP contribution in [0, 0.1) is 6.92 Å². The van der Waals surface area contributed by atoms with Crippen LogP contribution in [0.3, 0.4) is 0 Å². The van der Waals surface area contributed by atoms with Crippen molar-refractivity contribution in [3.63, 3.8) is 0 Å². The molecule has 5 heteroatoms. The maximum atomic E-state index is 13.6. The lowest BCUT2D eigenvalue weighted by atomic mass is 10.0. The van der Waals surface area contributed by atoms with Crippen LogP contribution in [0.2, 0.25) is 0 Å². The zero-order chi connectivity index (χ0) is 22.8.